The molecule has 0 N–H and O–H groups in total. The Hall–Kier alpha value is -2.55. The average Bonchev–Trinajstić information content (AvgIpc) is 2.46. The Morgan fingerprint density at radius 1 is 0.952 bits per heavy atom. The van der Waals surface area contributed by atoms with E-state index in [9.17, 15) is 13.6 Å². The van der Waals surface area contributed by atoms with E-state index in [1.54, 1.807) is 6.92 Å². The second kappa shape index (κ2) is 5.09. The molecule has 21 heavy (non-hydrogen) atoms. The minimum Gasteiger partial charge on any atom is -0.288 e. The largest absolute Gasteiger partial charge is 0.288 e. The standard InChI is InChI=1S/C18H12F2O/c1-11-6-7-12-4-2-3-5-14(12)17(11)18(21)15-9-8-13(19)10-16(15)20/h2-10H,1H3. The molecule has 3 heteroatoms. The van der Waals surface area contributed by atoms with Gasteiger partial charge >= 0.3 is 0 Å². The minimum atomic E-state index is -0.840. The molecule has 0 amide bonds. The first kappa shape index (κ1) is 13.4. The van der Waals surface area contributed by atoms with E-state index in [-0.39, 0.29) is 5.56 Å². The van der Waals surface area contributed by atoms with Gasteiger partial charge in [-0.2, -0.15) is 0 Å². The lowest BCUT2D eigenvalue weighted by Crippen LogP contribution is -2.07. The summed E-state index contributed by atoms with van der Waals surface area (Å²) in [5, 5.41) is 1.68. The molecular formula is C18H12F2O. The lowest BCUT2D eigenvalue weighted by molar-refractivity contribution is 0.103. The average molecular weight is 282 g/mol. The molecule has 0 saturated carbocycles. The van der Waals surface area contributed by atoms with Crippen molar-refractivity contribution < 1.29 is 13.6 Å². The summed E-state index contributed by atoms with van der Waals surface area (Å²) in [6, 6.07) is 14.2. The maximum atomic E-state index is 13.9. The molecule has 0 spiro atoms. The number of hydrogen-bond donors (Lipinski definition) is 0. The molecule has 3 rings (SSSR count). The number of ketones is 1. The van der Waals surface area contributed by atoms with Crippen LogP contribution in [-0.4, -0.2) is 5.78 Å². The van der Waals surface area contributed by atoms with Gasteiger partial charge in [-0.05, 0) is 35.4 Å². The number of rotatable bonds is 2. The maximum Gasteiger partial charge on any atom is 0.196 e. The van der Waals surface area contributed by atoms with E-state index >= 15 is 0 Å². The van der Waals surface area contributed by atoms with Crippen LogP contribution in [0.3, 0.4) is 0 Å². The highest BCUT2D eigenvalue weighted by molar-refractivity contribution is 6.17. The molecule has 0 aliphatic heterocycles. The van der Waals surface area contributed by atoms with Crippen LogP contribution < -0.4 is 0 Å². The molecule has 104 valence electrons. The van der Waals surface area contributed by atoms with Crippen molar-refractivity contribution in [2.75, 3.05) is 0 Å². The Morgan fingerprint density at radius 3 is 2.48 bits per heavy atom. The molecule has 0 fully saturated rings. The van der Waals surface area contributed by atoms with Crippen molar-refractivity contribution in [3.63, 3.8) is 0 Å². The third-order valence-electron chi connectivity index (χ3n) is 3.54. The van der Waals surface area contributed by atoms with E-state index in [1.807, 2.05) is 36.4 Å². The Bertz CT molecular complexity index is 853. The number of fused-ring (bicyclic) bond motifs is 1. The quantitative estimate of drug-likeness (QED) is 0.625. The summed E-state index contributed by atoms with van der Waals surface area (Å²) in [6.07, 6.45) is 0. The fourth-order valence-corrected chi connectivity index (χ4v) is 2.49. The Labute approximate surface area is 120 Å². The molecule has 0 aromatic heterocycles. The number of carbonyl (C=O) groups excluding carboxylic acids is 1. The number of aryl methyl sites for hydroxylation is 1. The van der Waals surface area contributed by atoms with Crippen molar-refractivity contribution in [1.82, 2.24) is 0 Å². The van der Waals surface area contributed by atoms with Crippen LogP contribution in [0.15, 0.2) is 54.6 Å². The zero-order valence-corrected chi connectivity index (χ0v) is 11.4. The highest BCUT2D eigenvalue weighted by Gasteiger charge is 2.18. The highest BCUT2D eigenvalue weighted by atomic mass is 19.1. The second-order valence-corrected chi connectivity index (χ2v) is 4.93. The van der Waals surface area contributed by atoms with E-state index in [2.05, 4.69) is 0 Å². The van der Waals surface area contributed by atoms with Crippen LogP contribution in [-0.2, 0) is 0 Å². The molecule has 0 bridgehead atoms. The minimum absolute atomic E-state index is 0.115. The van der Waals surface area contributed by atoms with E-state index < -0.39 is 17.4 Å². The van der Waals surface area contributed by atoms with Gasteiger partial charge in [0.25, 0.3) is 0 Å². The first-order valence-electron chi connectivity index (χ1n) is 6.56. The van der Waals surface area contributed by atoms with Crippen LogP contribution in [0.2, 0.25) is 0 Å². The molecule has 0 unspecified atom stereocenters. The van der Waals surface area contributed by atoms with Crippen LogP contribution >= 0.6 is 0 Å². The molecule has 0 saturated heterocycles. The van der Waals surface area contributed by atoms with Gasteiger partial charge in [0.2, 0.25) is 0 Å². The number of benzene rings is 3. The van der Waals surface area contributed by atoms with Crippen LogP contribution in [0.4, 0.5) is 8.78 Å². The van der Waals surface area contributed by atoms with Gasteiger partial charge in [-0.25, -0.2) is 8.78 Å². The molecule has 0 aliphatic carbocycles. The normalized spacial score (nSPS) is 10.8. The molecule has 0 radical (unpaired) electrons. The van der Waals surface area contributed by atoms with Crippen molar-refractivity contribution in [2.24, 2.45) is 0 Å². The monoisotopic (exact) mass is 282 g/mol. The Kier molecular flexibility index (Phi) is 3.26. The van der Waals surface area contributed by atoms with Gasteiger partial charge in [0.1, 0.15) is 11.6 Å². The predicted molar refractivity (Wildman–Crippen MR) is 78.5 cm³/mol. The molecule has 0 aliphatic rings. The van der Waals surface area contributed by atoms with Crippen LogP contribution in [0.25, 0.3) is 10.8 Å². The van der Waals surface area contributed by atoms with Gasteiger partial charge in [0, 0.05) is 11.6 Å². The summed E-state index contributed by atoms with van der Waals surface area (Å²) in [4.78, 5) is 12.7. The summed E-state index contributed by atoms with van der Waals surface area (Å²) < 4.78 is 26.9. The van der Waals surface area contributed by atoms with E-state index in [0.717, 1.165) is 28.5 Å². The molecular weight excluding hydrogens is 270 g/mol. The number of halogens is 2. The van der Waals surface area contributed by atoms with Crippen molar-refractivity contribution in [2.45, 2.75) is 6.92 Å². The van der Waals surface area contributed by atoms with Crippen LogP contribution in [0.1, 0.15) is 21.5 Å². The first-order chi connectivity index (χ1) is 10.1. The number of carbonyl (C=O) groups is 1. The fourth-order valence-electron chi connectivity index (χ4n) is 2.49. The smallest absolute Gasteiger partial charge is 0.196 e. The molecule has 0 atom stereocenters. The van der Waals surface area contributed by atoms with Crippen molar-refractivity contribution in [3.05, 3.63) is 82.9 Å². The third kappa shape index (κ3) is 2.31. The summed E-state index contributed by atoms with van der Waals surface area (Å²) in [7, 11) is 0. The Morgan fingerprint density at radius 2 is 1.71 bits per heavy atom. The van der Waals surface area contributed by atoms with Gasteiger partial charge in [-0.15, -0.1) is 0 Å². The van der Waals surface area contributed by atoms with Crippen LogP contribution in [0.5, 0.6) is 0 Å². The van der Waals surface area contributed by atoms with Gasteiger partial charge in [0.15, 0.2) is 5.78 Å². The summed E-state index contributed by atoms with van der Waals surface area (Å²) >= 11 is 0. The SMILES string of the molecule is Cc1ccc2ccccc2c1C(=O)c1ccc(F)cc1F. The lowest BCUT2D eigenvalue weighted by Gasteiger charge is -2.10. The zero-order valence-electron chi connectivity index (χ0n) is 11.4. The fraction of sp³-hybridized carbons (Fsp3) is 0.0556. The van der Waals surface area contributed by atoms with Crippen molar-refractivity contribution in [3.8, 4) is 0 Å². The topological polar surface area (TPSA) is 17.1 Å². The summed E-state index contributed by atoms with van der Waals surface area (Å²) in [6.45, 7) is 1.81. The predicted octanol–water partition coefficient (Wildman–Crippen LogP) is 4.66. The highest BCUT2D eigenvalue weighted by Crippen LogP contribution is 2.25. The van der Waals surface area contributed by atoms with Gasteiger partial charge in [-0.3, -0.25) is 4.79 Å². The Balaban J connectivity index is 2.24. The molecule has 3 aromatic carbocycles. The first-order valence-corrected chi connectivity index (χ1v) is 6.56. The van der Waals surface area contributed by atoms with Crippen molar-refractivity contribution >= 4 is 16.6 Å². The summed E-state index contributed by atoms with van der Waals surface area (Å²) in [5.41, 5.74) is 1.11. The zero-order chi connectivity index (χ0) is 15.0. The third-order valence-corrected chi connectivity index (χ3v) is 3.54. The van der Waals surface area contributed by atoms with E-state index in [1.165, 1.54) is 6.07 Å². The molecule has 3 aromatic rings. The maximum absolute atomic E-state index is 13.9. The molecule has 0 heterocycles. The second-order valence-electron chi connectivity index (χ2n) is 4.93. The van der Waals surface area contributed by atoms with Gasteiger partial charge < -0.3 is 0 Å². The summed E-state index contributed by atoms with van der Waals surface area (Å²) in [5.74, 6) is -1.96. The van der Waals surface area contributed by atoms with Gasteiger partial charge in [0.05, 0.1) is 5.56 Å². The van der Waals surface area contributed by atoms with Crippen LogP contribution in [0, 0.1) is 18.6 Å². The van der Waals surface area contributed by atoms with Crippen molar-refractivity contribution in [1.29, 1.82) is 0 Å². The lowest BCUT2D eigenvalue weighted by atomic mass is 9.93. The van der Waals surface area contributed by atoms with E-state index in [4.69, 9.17) is 0 Å². The van der Waals surface area contributed by atoms with Gasteiger partial charge in [-0.1, -0.05) is 36.4 Å². The number of hydrogen-bond acceptors (Lipinski definition) is 1. The molecule has 1 nitrogen and oxygen atoms in total. The van der Waals surface area contributed by atoms with E-state index in [0.29, 0.717) is 5.56 Å².